The Hall–Kier alpha value is -0.880. The van der Waals surface area contributed by atoms with Gasteiger partial charge >= 0.3 is 1.43 Å². The Morgan fingerprint density at radius 3 is 2.71 bits per heavy atom. The Labute approximate surface area is 85.2 Å². The van der Waals surface area contributed by atoms with Gasteiger partial charge in [0.25, 0.3) is 10.1 Å². The van der Waals surface area contributed by atoms with Crippen LogP contribution in [0.5, 0.6) is 0 Å². The molecule has 1 rings (SSSR count). The number of unbranched alkanes of at least 4 members (excludes halogenated alkanes) is 1. The maximum absolute atomic E-state index is 10.4. The zero-order valence-corrected chi connectivity index (χ0v) is 8.94. The lowest BCUT2D eigenvalue weighted by atomic mass is 10.3. The highest BCUT2D eigenvalue weighted by Gasteiger charge is 2.05. The van der Waals surface area contributed by atoms with Crippen LogP contribution in [0.2, 0.25) is 0 Å². The average Bonchev–Trinajstić information content (AvgIpc) is 2.44. The summed E-state index contributed by atoms with van der Waals surface area (Å²) < 4.78 is 33.2. The third-order valence-electron chi connectivity index (χ3n) is 1.89. The zero-order valence-electron chi connectivity index (χ0n) is 9.13. The van der Waals surface area contributed by atoms with Crippen molar-refractivity contribution >= 4 is 10.1 Å². The molecule has 1 aromatic heterocycles. The van der Waals surface area contributed by atoms with Crippen molar-refractivity contribution < 1.29 is 19.0 Å². The molecule has 5 nitrogen and oxygen atoms in total. The quantitative estimate of drug-likeness (QED) is 0.434. The van der Waals surface area contributed by atoms with E-state index in [0.29, 0.717) is 6.42 Å². The lowest BCUT2D eigenvalue weighted by molar-refractivity contribution is -0.696. The van der Waals surface area contributed by atoms with E-state index in [0.717, 1.165) is 13.0 Å². The van der Waals surface area contributed by atoms with Gasteiger partial charge in [-0.3, -0.25) is 4.55 Å². The van der Waals surface area contributed by atoms with E-state index in [-0.39, 0.29) is 7.18 Å². The Kier molecular flexibility index (Phi) is 3.65. The van der Waals surface area contributed by atoms with E-state index in [1.807, 2.05) is 34.9 Å². The fourth-order valence-corrected chi connectivity index (χ4v) is 1.78. The van der Waals surface area contributed by atoms with Gasteiger partial charge in [-0.15, -0.1) is 0 Å². The summed E-state index contributed by atoms with van der Waals surface area (Å²) in [6, 6.07) is 0. The SMILES string of the molecule is Cn1cc[n+](CCCCS(=O)(=O)O)c1.[H+]. The van der Waals surface area contributed by atoms with Crippen LogP contribution in [-0.4, -0.2) is 23.3 Å². The van der Waals surface area contributed by atoms with Gasteiger partial charge < -0.3 is 0 Å². The Morgan fingerprint density at radius 2 is 2.21 bits per heavy atom. The van der Waals surface area contributed by atoms with Crippen LogP contribution >= 0.6 is 0 Å². The van der Waals surface area contributed by atoms with Crippen molar-refractivity contribution in [2.75, 3.05) is 5.75 Å². The Balaban J connectivity index is 0.00000196. The number of aryl methyl sites for hydroxylation is 2. The van der Waals surface area contributed by atoms with Crippen molar-refractivity contribution in [1.29, 1.82) is 0 Å². The first-order valence-electron chi connectivity index (χ1n) is 4.43. The maximum Gasteiger partial charge on any atom is 1.00 e. The van der Waals surface area contributed by atoms with Crippen molar-refractivity contribution in [2.24, 2.45) is 7.05 Å². The van der Waals surface area contributed by atoms with Crippen LogP contribution in [0, 0.1) is 0 Å². The van der Waals surface area contributed by atoms with Gasteiger partial charge in [0, 0.05) is 0 Å². The molecule has 0 unspecified atom stereocenters. The second-order valence-corrected chi connectivity index (χ2v) is 4.88. The van der Waals surface area contributed by atoms with Crippen LogP contribution in [0.4, 0.5) is 0 Å². The highest BCUT2D eigenvalue weighted by Crippen LogP contribution is 1.93. The van der Waals surface area contributed by atoms with Crippen molar-refractivity contribution in [1.82, 2.24) is 4.57 Å². The van der Waals surface area contributed by atoms with Crippen LogP contribution < -0.4 is 4.57 Å². The summed E-state index contributed by atoms with van der Waals surface area (Å²) in [6.45, 7) is 0.774. The van der Waals surface area contributed by atoms with Gasteiger partial charge in [-0.05, 0) is 12.8 Å². The number of aromatic nitrogens is 2. The molecular formula is C8H16N2O3S+2. The molecule has 0 aliphatic rings. The topological polar surface area (TPSA) is 63.2 Å². The number of hydrogen-bond acceptors (Lipinski definition) is 2. The van der Waals surface area contributed by atoms with Crippen molar-refractivity contribution in [3.63, 3.8) is 0 Å². The smallest absolute Gasteiger partial charge is 0.286 e. The van der Waals surface area contributed by atoms with Gasteiger partial charge in [0.15, 0.2) is 0 Å². The molecule has 14 heavy (non-hydrogen) atoms. The van der Waals surface area contributed by atoms with Gasteiger partial charge in [-0.2, -0.15) is 8.42 Å². The number of rotatable bonds is 5. The van der Waals surface area contributed by atoms with E-state index in [9.17, 15) is 8.42 Å². The summed E-state index contributed by atoms with van der Waals surface area (Å²) in [5.41, 5.74) is 0. The van der Waals surface area contributed by atoms with Gasteiger partial charge in [0.2, 0.25) is 6.33 Å². The maximum atomic E-state index is 10.4. The summed E-state index contributed by atoms with van der Waals surface area (Å²) in [5.74, 6) is -0.152. The molecule has 0 bridgehead atoms. The molecule has 0 aliphatic carbocycles. The standard InChI is InChI=1S/C8H14N2O3S/c1-9-5-6-10(8-9)4-2-3-7-14(11,12)13/h5-6,8H,2-4,7H2,1H3/p+2. The molecule has 1 N–H and O–H groups in total. The van der Waals surface area contributed by atoms with Crippen molar-refractivity contribution in [3.05, 3.63) is 18.7 Å². The molecule has 0 amide bonds. The van der Waals surface area contributed by atoms with Gasteiger partial charge in [0.05, 0.1) is 19.3 Å². The molecule has 0 aromatic carbocycles. The molecule has 0 fully saturated rings. The lowest BCUT2D eigenvalue weighted by Gasteiger charge is -1.96. The molecule has 6 heteroatoms. The van der Waals surface area contributed by atoms with Crippen LogP contribution in [0.15, 0.2) is 18.7 Å². The number of nitrogens with zero attached hydrogens (tertiary/aromatic N) is 2. The normalized spacial score (nSPS) is 11.9. The first kappa shape index (κ1) is 11.2. The largest absolute Gasteiger partial charge is 1.00 e. The van der Waals surface area contributed by atoms with E-state index in [1.54, 1.807) is 0 Å². The zero-order chi connectivity index (χ0) is 10.6. The first-order valence-corrected chi connectivity index (χ1v) is 6.04. The third kappa shape index (κ3) is 4.38. The Morgan fingerprint density at radius 1 is 1.50 bits per heavy atom. The molecule has 0 radical (unpaired) electrons. The summed E-state index contributed by atoms with van der Waals surface area (Å²) in [6.07, 6.45) is 7.00. The molecule has 0 aliphatic heterocycles. The lowest BCUT2D eigenvalue weighted by Crippen LogP contribution is -2.31. The molecule has 0 atom stereocenters. The monoisotopic (exact) mass is 220 g/mol. The predicted molar refractivity (Wildman–Crippen MR) is 52.4 cm³/mol. The summed E-state index contributed by atoms with van der Waals surface area (Å²) in [4.78, 5) is 0. The second-order valence-electron chi connectivity index (χ2n) is 3.31. The molecular weight excluding hydrogens is 204 g/mol. The van der Waals surface area contributed by atoms with Crippen LogP contribution in [0.3, 0.4) is 0 Å². The van der Waals surface area contributed by atoms with E-state index in [2.05, 4.69) is 0 Å². The van der Waals surface area contributed by atoms with E-state index in [1.165, 1.54) is 0 Å². The number of imidazole rings is 1. The fourth-order valence-electron chi connectivity index (χ4n) is 1.21. The molecule has 0 saturated carbocycles. The summed E-state index contributed by atoms with van der Waals surface area (Å²) in [5, 5.41) is 0. The Bertz CT molecular complexity index is 388. The van der Waals surface area contributed by atoms with Gasteiger partial charge in [0.1, 0.15) is 12.4 Å². The highest BCUT2D eigenvalue weighted by atomic mass is 32.2. The van der Waals surface area contributed by atoms with E-state index in [4.69, 9.17) is 4.55 Å². The molecule has 1 heterocycles. The molecule has 0 saturated heterocycles. The molecule has 1 aromatic rings. The highest BCUT2D eigenvalue weighted by molar-refractivity contribution is 7.85. The van der Waals surface area contributed by atoms with Crippen molar-refractivity contribution in [2.45, 2.75) is 19.4 Å². The molecule has 0 spiro atoms. The van der Waals surface area contributed by atoms with E-state index >= 15 is 0 Å². The van der Waals surface area contributed by atoms with Crippen LogP contribution in [0.25, 0.3) is 0 Å². The van der Waals surface area contributed by atoms with Crippen molar-refractivity contribution in [3.8, 4) is 0 Å². The van der Waals surface area contributed by atoms with Crippen LogP contribution in [0.1, 0.15) is 14.3 Å². The minimum Gasteiger partial charge on any atom is -0.286 e. The van der Waals surface area contributed by atoms with Gasteiger partial charge in [-0.1, -0.05) is 0 Å². The first-order chi connectivity index (χ1) is 6.47. The fraction of sp³-hybridized carbons (Fsp3) is 0.625. The van der Waals surface area contributed by atoms with Crippen LogP contribution in [-0.2, 0) is 23.7 Å². The molecule has 80 valence electrons. The average molecular weight is 220 g/mol. The third-order valence-corrected chi connectivity index (χ3v) is 2.70. The van der Waals surface area contributed by atoms with E-state index < -0.39 is 10.1 Å². The number of hydrogen-bond donors (Lipinski definition) is 1. The minimum absolute atomic E-state index is 0. The second kappa shape index (κ2) is 4.56. The van der Waals surface area contributed by atoms with Gasteiger partial charge in [-0.25, -0.2) is 9.13 Å². The summed E-state index contributed by atoms with van der Waals surface area (Å²) in [7, 11) is -1.86. The summed E-state index contributed by atoms with van der Waals surface area (Å²) >= 11 is 0. The predicted octanol–water partition coefficient (Wildman–Crippen LogP) is 0.0931. The minimum atomic E-state index is -3.79.